The molecule has 0 aliphatic carbocycles. The predicted octanol–water partition coefficient (Wildman–Crippen LogP) is 6.30. The lowest BCUT2D eigenvalue weighted by Gasteiger charge is -2.23. The maximum Gasteiger partial charge on any atom is 0.419 e. The van der Waals surface area contributed by atoms with E-state index in [-0.39, 0.29) is 18.3 Å². The van der Waals surface area contributed by atoms with Gasteiger partial charge in [0, 0.05) is 17.5 Å². The third-order valence-electron chi connectivity index (χ3n) is 5.02. The Hall–Kier alpha value is -3.28. The van der Waals surface area contributed by atoms with Gasteiger partial charge in [0.2, 0.25) is 0 Å². The topological polar surface area (TPSA) is 66.8 Å². The van der Waals surface area contributed by atoms with Crippen molar-refractivity contribution >= 4 is 23.0 Å². The zero-order valence-corrected chi connectivity index (χ0v) is 20.5. The standard InChI is InChI=1S/C27H33NO5/c1-26(2,3)32-24(29)16-21(18-12-14-19(31-7)15-13-18)22-17-28(25(30)33-27(4,5)6)23-11-9-8-10-20(22)23/h8-15,17,21H,16H2,1-7H3/t21-/m0/s1. The summed E-state index contributed by atoms with van der Waals surface area (Å²) in [5, 5.41) is 0.882. The number of nitrogens with zero attached hydrogens (tertiary/aromatic N) is 1. The number of ether oxygens (including phenoxy) is 3. The van der Waals surface area contributed by atoms with Crippen LogP contribution in [0.5, 0.6) is 5.75 Å². The van der Waals surface area contributed by atoms with Gasteiger partial charge >= 0.3 is 12.1 Å². The minimum Gasteiger partial charge on any atom is -0.497 e. The molecule has 33 heavy (non-hydrogen) atoms. The molecule has 0 bridgehead atoms. The summed E-state index contributed by atoms with van der Waals surface area (Å²) in [5.74, 6) is 0.0997. The molecule has 6 nitrogen and oxygen atoms in total. The van der Waals surface area contributed by atoms with Crippen LogP contribution in [0.25, 0.3) is 10.9 Å². The second kappa shape index (κ2) is 9.30. The number of carbonyl (C=O) groups excluding carboxylic acids is 2. The molecular formula is C27H33NO5. The minimum atomic E-state index is -0.630. The van der Waals surface area contributed by atoms with Crippen LogP contribution in [0.15, 0.2) is 54.7 Å². The van der Waals surface area contributed by atoms with Gasteiger partial charge in [-0.2, -0.15) is 0 Å². The smallest absolute Gasteiger partial charge is 0.419 e. The summed E-state index contributed by atoms with van der Waals surface area (Å²) >= 11 is 0. The van der Waals surface area contributed by atoms with Crippen molar-refractivity contribution < 1.29 is 23.8 Å². The highest BCUT2D eigenvalue weighted by Gasteiger charge is 2.28. The summed E-state index contributed by atoms with van der Waals surface area (Å²) in [7, 11) is 1.61. The van der Waals surface area contributed by atoms with Gasteiger partial charge < -0.3 is 14.2 Å². The van der Waals surface area contributed by atoms with E-state index in [0.29, 0.717) is 0 Å². The highest BCUT2D eigenvalue weighted by atomic mass is 16.6. The fourth-order valence-electron chi connectivity index (χ4n) is 3.74. The van der Waals surface area contributed by atoms with Gasteiger partial charge in [0.1, 0.15) is 17.0 Å². The van der Waals surface area contributed by atoms with Crippen LogP contribution in [0.4, 0.5) is 4.79 Å². The van der Waals surface area contributed by atoms with E-state index in [4.69, 9.17) is 14.2 Å². The Kier molecular flexibility index (Phi) is 6.86. The molecule has 1 atom stereocenters. The van der Waals surface area contributed by atoms with Crippen LogP contribution in [-0.4, -0.2) is 34.9 Å². The molecule has 176 valence electrons. The van der Waals surface area contributed by atoms with Crippen LogP contribution < -0.4 is 4.74 Å². The first-order valence-corrected chi connectivity index (χ1v) is 11.1. The molecule has 1 heterocycles. The molecule has 6 heteroatoms. The number of rotatable bonds is 5. The number of esters is 1. The molecule has 0 N–H and O–H groups in total. The molecule has 2 aromatic carbocycles. The number of para-hydroxylation sites is 1. The maximum absolute atomic E-state index is 13.0. The largest absolute Gasteiger partial charge is 0.497 e. The lowest BCUT2D eigenvalue weighted by Crippen LogP contribution is -2.26. The Morgan fingerprint density at radius 1 is 0.879 bits per heavy atom. The molecule has 0 spiro atoms. The van der Waals surface area contributed by atoms with E-state index in [1.165, 1.54) is 4.57 Å². The first-order valence-electron chi connectivity index (χ1n) is 11.1. The van der Waals surface area contributed by atoms with E-state index in [9.17, 15) is 9.59 Å². The third-order valence-corrected chi connectivity index (χ3v) is 5.02. The summed E-state index contributed by atoms with van der Waals surface area (Å²) in [4.78, 5) is 25.8. The van der Waals surface area contributed by atoms with E-state index >= 15 is 0 Å². The lowest BCUT2D eigenvalue weighted by molar-refractivity contribution is -0.155. The van der Waals surface area contributed by atoms with Crippen molar-refractivity contribution in [2.24, 2.45) is 0 Å². The number of fused-ring (bicyclic) bond motifs is 1. The van der Waals surface area contributed by atoms with Crippen LogP contribution >= 0.6 is 0 Å². The van der Waals surface area contributed by atoms with Gasteiger partial charge in [-0.05, 0) is 70.9 Å². The second-order valence-corrected chi connectivity index (χ2v) is 10.1. The second-order valence-electron chi connectivity index (χ2n) is 10.1. The molecule has 0 unspecified atom stereocenters. The first-order chi connectivity index (χ1) is 15.4. The Balaban J connectivity index is 2.11. The van der Waals surface area contributed by atoms with Crippen molar-refractivity contribution in [2.75, 3.05) is 7.11 Å². The SMILES string of the molecule is COc1ccc([C@H](CC(=O)OC(C)(C)C)c2cn(C(=O)OC(C)(C)C)c3ccccc23)cc1. The molecule has 0 radical (unpaired) electrons. The summed E-state index contributed by atoms with van der Waals surface area (Å²) in [6.45, 7) is 11.0. The van der Waals surface area contributed by atoms with Gasteiger partial charge in [0.05, 0.1) is 19.0 Å². The van der Waals surface area contributed by atoms with E-state index in [2.05, 4.69) is 0 Å². The van der Waals surface area contributed by atoms with Gasteiger partial charge in [-0.15, -0.1) is 0 Å². The highest BCUT2D eigenvalue weighted by Crippen LogP contribution is 2.36. The molecule has 0 aliphatic rings. The molecule has 0 aliphatic heterocycles. The van der Waals surface area contributed by atoms with E-state index in [0.717, 1.165) is 27.8 Å². The fraction of sp³-hybridized carbons (Fsp3) is 0.407. The Bertz CT molecular complexity index is 1130. The predicted molar refractivity (Wildman–Crippen MR) is 129 cm³/mol. The average Bonchev–Trinajstić information content (AvgIpc) is 3.09. The number of hydrogen-bond acceptors (Lipinski definition) is 5. The molecular weight excluding hydrogens is 418 g/mol. The van der Waals surface area contributed by atoms with E-state index in [1.54, 1.807) is 13.3 Å². The van der Waals surface area contributed by atoms with Gasteiger partial charge in [0.15, 0.2) is 0 Å². The quantitative estimate of drug-likeness (QED) is 0.426. The maximum atomic E-state index is 13.0. The monoisotopic (exact) mass is 451 g/mol. The van der Waals surface area contributed by atoms with Crippen LogP contribution in [-0.2, 0) is 14.3 Å². The van der Waals surface area contributed by atoms with Crippen molar-refractivity contribution in [2.45, 2.75) is 65.1 Å². The zero-order valence-electron chi connectivity index (χ0n) is 20.5. The van der Waals surface area contributed by atoms with Crippen molar-refractivity contribution in [3.05, 3.63) is 65.9 Å². The summed E-state index contributed by atoms with van der Waals surface area (Å²) in [6, 6.07) is 15.2. The molecule has 0 saturated heterocycles. The molecule has 0 fully saturated rings. The van der Waals surface area contributed by atoms with Crippen LogP contribution in [0.1, 0.15) is 65.0 Å². The summed E-state index contributed by atoms with van der Waals surface area (Å²) in [6.07, 6.45) is 1.44. The number of carbonyl (C=O) groups is 2. The fourth-order valence-corrected chi connectivity index (χ4v) is 3.74. The Morgan fingerprint density at radius 3 is 2.06 bits per heavy atom. The molecule has 0 saturated carbocycles. The van der Waals surface area contributed by atoms with Crippen molar-refractivity contribution in [1.82, 2.24) is 4.57 Å². The van der Waals surface area contributed by atoms with Crippen molar-refractivity contribution in [3.8, 4) is 5.75 Å². The highest BCUT2D eigenvalue weighted by molar-refractivity contribution is 5.93. The number of hydrogen-bond donors (Lipinski definition) is 0. The van der Waals surface area contributed by atoms with Crippen LogP contribution in [0.3, 0.4) is 0 Å². The third kappa shape index (κ3) is 6.15. The van der Waals surface area contributed by atoms with E-state index < -0.39 is 17.3 Å². The van der Waals surface area contributed by atoms with Crippen LogP contribution in [0, 0.1) is 0 Å². The van der Waals surface area contributed by atoms with Gasteiger partial charge in [-0.3, -0.25) is 9.36 Å². The Labute approximate surface area is 195 Å². The zero-order chi connectivity index (χ0) is 24.4. The van der Waals surface area contributed by atoms with E-state index in [1.807, 2.05) is 90.1 Å². The number of aromatic nitrogens is 1. The molecule has 3 aromatic rings. The molecule has 1 aromatic heterocycles. The minimum absolute atomic E-state index is 0.131. The lowest BCUT2D eigenvalue weighted by atomic mass is 9.88. The average molecular weight is 452 g/mol. The van der Waals surface area contributed by atoms with Gasteiger partial charge in [-0.1, -0.05) is 30.3 Å². The summed E-state index contributed by atoms with van der Waals surface area (Å²) in [5.41, 5.74) is 1.28. The molecule has 0 amide bonds. The van der Waals surface area contributed by atoms with Crippen LogP contribution in [0.2, 0.25) is 0 Å². The summed E-state index contributed by atoms with van der Waals surface area (Å²) < 4.78 is 18.1. The number of methoxy groups -OCH3 is 1. The van der Waals surface area contributed by atoms with Gasteiger partial charge in [-0.25, -0.2) is 4.79 Å². The Morgan fingerprint density at radius 2 is 1.48 bits per heavy atom. The number of benzene rings is 2. The first kappa shape index (κ1) is 24.4. The normalized spacial score (nSPS) is 12.9. The molecule has 3 rings (SSSR count). The van der Waals surface area contributed by atoms with Gasteiger partial charge in [0.25, 0.3) is 0 Å². The van der Waals surface area contributed by atoms with Crippen molar-refractivity contribution in [1.29, 1.82) is 0 Å². The van der Waals surface area contributed by atoms with Crippen molar-refractivity contribution in [3.63, 3.8) is 0 Å².